The molecule has 0 bridgehead atoms. The van der Waals surface area contributed by atoms with Gasteiger partial charge < -0.3 is 19.7 Å². The second-order valence-corrected chi connectivity index (χ2v) is 13.2. The smallest absolute Gasteiger partial charge is 0.171 e. The number of aliphatic hydroxyl groups is 2. The Balaban J connectivity index is 1.26. The van der Waals surface area contributed by atoms with E-state index in [2.05, 4.69) is 27.7 Å². The zero-order chi connectivity index (χ0) is 21.8. The van der Waals surface area contributed by atoms with Crippen molar-refractivity contribution in [2.45, 2.75) is 110 Å². The fourth-order valence-corrected chi connectivity index (χ4v) is 10.3. The summed E-state index contributed by atoms with van der Waals surface area (Å²) >= 11 is 0. The molecule has 4 nitrogen and oxygen atoms in total. The first-order valence-electron chi connectivity index (χ1n) is 13.4. The number of hydrogen-bond acceptors (Lipinski definition) is 4. The molecule has 2 heterocycles. The molecule has 1 unspecified atom stereocenters. The van der Waals surface area contributed by atoms with Gasteiger partial charge >= 0.3 is 0 Å². The van der Waals surface area contributed by atoms with Gasteiger partial charge in [0.05, 0.1) is 24.9 Å². The summed E-state index contributed by atoms with van der Waals surface area (Å²) in [5, 5.41) is 20.9. The summed E-state index contributed by atoms with van der Waals surface area (Å²) in [6, 6.07) is 0. The van der Waals surface area contributed by atoms with Crippen LogP contribution >= 0.6 is 0 Å². The van der Waals surface area contributed by atoms with Gasteiger partial charge in [0.25, 0.3) is 0 Å². The van der Waals surface area contributed by atoms with Crippen molar-refractivity contribution >= 4 is 0 Å². The van der Waals surface area contributed by atoms with E-state index < -0.39 is 12.2 Å². The van der Waals surface area contributed by atoms with Crippen molar-refractivity contribution in [3.8, 4) is 0 Å². The summed E-state index contributed by atoms with van der Waals surface area (Å²) in [5.41, 5.74) is 0.550. The Bertz CT molecular complexity index is 716. The van der Waals surface area contributed by atoms with Crippen molar-refractivity contribution in [2.75, 3.05) is 6.61 Å². The molecule has 4 saturated carbocycles. The van der Waals surface area contributed by atoms with E-state index in [1.165, 1.54) is 38.5 Å². The van der Waals surface area contributed by atoms with Crippen LogP contribution in [0.15, 0.2) is 0 Å². The van der Waals surface area contributed by atoms with E-state index in [9.17, 15) is 10.2 Å². The minimum atomic E-state index is -0.537. The van der Waals surface area contributed by atoms with Crippen LogP contribution in [-0.2, 0) is 9.47 Å². The van der Waals surface area contributed by atoms with Crippen LogP contribution in [0.25, 0.3) is 0 Å². The van der Waals surface area contributed by atoms with Crippen LogP contribution in [0.2, 0.25) is 0 Å². The quantitative estimate of drug-likeness (QED) is 0.579. The van der Waals surface area contributed by atoms with Crippen molar-refractivity contribution in [1.82, 2.24) is 0 Å². The molecule has 4 aliphatic carbocycles. The summed E-state index contributed by atoms with van der Waals surface area (Å²) in [7, 11) is 0. The van der Waals surface area contributed by atoms with Crippen LogP contribution in [0.5, 0.6) is 0 Å². The van der Waals surface area contributed by atoms with Crippen LogP contribution in [-0.4, -0.2) is 40.9 Å². The molecule has 31 heavy (non-hydrogen) atoms. The third-order valence-corrected chi connectivity index (χ3v) is 12.0. The number of hydrogen-bond donors (Lipinski definition) is 2. The Morgan fingerprint density at radius 3 is 2.39 bits per heavy atom. The fraction of sp³-hybridized carbons (Fsp3) is 1.00. The van der Waals surface area contributed by atoms with Crippen LogP contribution in [0.4, 0.5) is 0 Å². The molecule has 2 N–H and O–H groups in total. The maximum absolute atomic E-state index is 10.6. The molecule has 0 aromatic rings. The van der Waals surface area contributed by atoms with Crippen molar-refractivity contribution in [1.29, 1.82) is 0 Å². The lowest BCUT2D eigenvalue weighted by Gasteiger charge is -2.61. The molecule has 0 amide bonds. The fourth-order valence-electron chi connectivity index (χ4n) is 10.3. The largest absolute Gasteiger partial charge is 0.390 e. The molecule has 1 spiro atoms. The molecule has 4 heteroatoms. The molecule has 0 aromatic carbocycles. The van der Waals surface area contributed by atoms with E-state index in [0.717, 1.165) is 37.7 Å². The highest BCUT2D eigenvalue weighted by molar-refractivity contribution is 5.15. The van der Waals surface area contributed by atoms with Gasteiger partial charge in [-0.3, -0.25) is 0 Å². The van der Waals surface area contributed by atoms with Crippen molar-refractivity contribution in [3.63, 3.8) is 0 Å². The Hall–Kier alpha value is -0.160. The van der Waals surface area contributed by atoms with Gasteiger partial charge in [0, 0.05) is 12.3 Å². The minimum absolute atomic E-state index is 0.191. The molecule has 0 aromatic heterocycles. The van der Waals surface area contributed by atoms with E-state index in [0.29, 0.717) is 41.1 Å². The molecule has 176 valence electrons. The Morgan fingerprint density at radius 2 is 1.65 bits per heavy atom. The average molecular weight is 433 g/mol. The molecule has 13 atom stereocenters. The van der Waals surface area contributed by atoms with Gasteiger partial charge in [0.1, 0.15) is 0 Å². The second-order valence-electron chi connectivity index (χ2n) is 13.2. The molecule has 6 aliphatic rings. The van der Waals surface area contributed by atoms with E-state index in [-0.39, 0.29) is 11.2 Å². The van der Waals surface area contributed by atoms with Crippen LogP contribution in [0.3, 0.4) is 0 Å². The number of ether oxygens (including phenoxy) is 2. The Labute approximate surface area is 188 Å². The molecular weight excluding hydrogens is 388 g/mol. The van der Waals surface area contributed by atoms with Crippen molar-refractivity contribution in [2.24, 2.45) is 52.3 Å². The van der Waals surface area contributed by atoms with E-state index in [4.69, 9.17) is 9.47 Å². The van der Waals surface area contributed by atoms with E-state index in [1.54, 1.807) is 0 Å². The Morgan fingerprint density at radius 1 is 0.839 bits per heavy atom. The predicted molar refractivity (Wildman–Crippen MR) is 119 cm³/mol. The zero-order valence-electron chi connectivity index (χ0n) is 20.1. The van der Waals surface area contributed by atoms with Crippen molar-refractivity contribution < 1.29 is 19.7 Å². The summed E-state index contributed by atoms with van der Waals surface area (Å²) in [5.74, 6) is 4.21. The molecule has 2 saturated heterocycles. The van der Waals surface area contributed by atoms with Crippen LogP contribution in [0, 0.1) is 52.3 Å². The molecule has 6 fully saturated rings. The third kappa shape index (κ3) is 2.80. The average Bonchev–Trinajstić information content (AvgIpc) is 3.16. The summed E-state index contributed by atoms with van der Waals surface area (Å²) in [6.45, 7) is 10.6. The van der Waals surface area contributed by atoms with Gasteiger partial charge in [0.15, 0.2) is 5.79 Å². The van der Waals surface area contributed by atoms with Gasteiger partial charge in [-0.05, 0) is 97.7 Å². The normalized spacial score (nSPS) is 63.3. The first kappa shape index (κ1) is 21.4. The second kappa shape index (κ2) is 6.93. The maximum atomic E-state index is 10.6. The lowest BCUT2D eigenvalue weighted by atomic mass is 9.44. The number of aliphatic hydroxyl groups excluding tert-OH is 2. The maximum Gasteiger partial charge on any atom is 0.171 e. The SMILES string of the molecule is CC1CC[C@@]2(OC1)O[C@H]1C[C@H]3[C@@H]4CC[C@H]5C[C@@H](O)[C@H](O)C[C@]5(C)[C@H]4CC[C@]3(C)[C@H]1[C@@H]2C. The highest BCUT2D eigenvalue weighted by atomic mass is 16.7. The van der Waals surface area contributed by atoms with Crippen LogP contribution < -0.4 is 0 Å². The Kier molecular flexibility index (Phi) is 4.78. The van der Waals surface area contributed by atoms with Crippen molar-refractivity contribution in [3.05, 3.63) is 0 Å². The predicted octanol–water partition coefficient (Wildman–Crippen LogP) is 4.76. The summed E-state index contributed by atoms with van der Waals surface area (Å²) in [6.07, 6.45) is 9.51. The summed E-state index contributed by atoms with van der Waals surface area (Å²) < 4.78 is 13.3. The standard InChI is InChI=1S/C27H44O4/c1-15-7-10-27(30-14-15)16(2)24-23(31-27)12-20-18-6-5-17-11-21(28)22(29)13-26(17,4)19(18)8-9-25(20,24)3/h15-24,28-29H,5-14H2,1-4H3/t15?,16-,17-,18+,19-,20-,21+,22+,23-,24-,25-,26-,27+/m0/s1. The number of fused-ring (bicyclic) bond motifs is 7. The lowest BCUT2D eigenvalue weighted by Crippen LogP contribution is -2.57. The zero-order valence-corrected chi connectivity index (χ0v) is 20.1. The summed E-state index contributed by atoms with van der Waals surface area (Å²) in [4.78, 5) is 0. The van der Waals surface area contributed by atoms with Gasteiger partial charge in [-0.25, -0.2) is 0 Å². The number of rotatable bonds is 0. The lowest BCUT2D eigenvalue weighted by molar-refractivity contribution is -0.273. The topological polar surface area (TPSA) is 58.9 Å². The minimum Gasteiger partial charge on any atom is -0.390 e. The van der Waals surface area contributed by atoms with E-state index in [1.807, 2.05) is 0 Å². The van der Waals surface area contributed by atoms with Gasteiger partial charge in [0.2, 0.25) is 0 Å². The van der Waals surface area contributed by atoms with Crippen LogP contribution in [0.1, 0.15) is 85.5 Å². The van der Waals surface area contributed by atoms with Gasteiger partial charge in [-0.1, -0.05) is 27.7 Å². The highest BCUT2D eigenvalue weighted by Gasteiger charge is 2.69. The highest BCUT2D eigenvalue weighted by Crippen LogP contribution is 2.71. The monoisotopic (exact) mass is 432 g/mol. The molecular formula is C27H44O4. The third-order valence-electron chi connectivity index (χ3n) is 12.0. The van der Waals surface area contributed by atoms with Gasteiger partial charge in [-0.2, -0.15) is 0 Å². The molecule has 6 rings (SSSR count). The first-order valence-corrected chi connectivity index (χ1v) is 13.4. The first-order chi connectivity index (χ1) is 14.7. The van der Waals surface area contributed by atoms with E-state index >= 15 is 0 Å². The molecule has 0 radical (unpaired) electrons. The molecule has 2 aliphatic heterocycles. The van der Waals surface area contributed by atoms with Gasteiger partial charge in [-0.15, -0.1) is 0 Å².